The second-order valence-corrected chi connectivity index (χ2v) is 4.40. The summed E-state index contributed by atoms with van der Waals surface area (Å²) in [7, 11) is 0. The van der Waals surface area contributed by atoms with Crippen molar-refractivity contribution in [2.24, 2.45) is 11.3 Å². The van der Waals surface area contributed by atoms with Gasteiger partial charge in [0.1, 0.15) is 5.92 Å². The number of carbonyl (C=O) groups excluding carboxylic acids is 1. The molecule has 1 amide bonds. The van der Waals surface area contributed by atoms with Crippen molar-refractivity contribution in [3.63, 3.8) is 0 Å². The first-order valence-electron chi connectivity index (χ1n) is 6.01. The van der Waals surface area contributed by atoms with Crippen LogP contribution in [0.4, 0.5) is 0 Å². The van der Waals surface area contributed by atoms with Gasteiger partial charge in [-0.15, -0.1) is 0 Å². The number of nitriles is 1. The third-order valence-corrected chi connectivity index (χ3v) is 3.35. The first-order valence-corrected chi connectivity index (χ1v) is 6.01. The van der Waals surface area contributed by atoms with E-state index in [1.165, 1.54) is 0 Å². The summed E-state index contributed by atoms with van der Waals surface area (Å²) in [6.45, 7) is 4.42. The van der Waals surface area contributed by atoms with Gasteiger partial charge < -0.3 is 5.32 Å². The maximum atomic E-state index is 11.9. The Kier molecular flexibility index (Phi) is 4.54. The van der Waals surface area contributed by atoms with E-state index in [9.17, 15) is 10.1 Å². The second-order valence-electron chi connectivity index (χ2n) is 4.40. The zero-order chi connectivity index (χ0) is 12.0. The van der Waals surface area contributed by atoms with E-state index < -0.39 is 5.92 Å². The van der Waals surface area contributed by atoms with E-state index in [4.69, 9.17) is 0 Å². The molecule has 0 saturated heterocycles. The van der Waals surface area contributed by atoms with Gasteiger partial charge in [0.05, 0.1) is 6.07 Å². The zero-order valence-electron chi connectivity index (χ0n) is 10.1. The quantitative estimate of drug-likeness (QED) is 0.740. The number of hydrogen-bond acceptors (Lipinski definition) is 2. The number of carbonyl (C=O) groups is 1. The summed E-state index contributed by atoms with van der Waals surface area (Å²) < 4.78 is 0. The first-order chi connectivity index (χ1) is 7.70. The third-order valence-electron chi connectivity index (χ3n) is 3.35. The summed E-state index contributed by atoms with van der Waals surface area (Å²) in [5.41, 5.74) is -0.219. The fraction of sp³-hybridized carbons (Fsp3) is 0.692. The molecule has 1 aliphatic carbocycles. The largest absolute Gasteiger partial charge is 0.355 e. The number of rotatable bonds is 4. The summed E-state index contributed by atoms with van der Waals surface area (Å²) in [5, 5.41) is 12.0. The lowest BCUT2D eigenvalue weighted by Crippen LogP contribution is -2.39. The standard InChI is InChI=1S/C13H20N2O/c1-3-7-13(8-5-6-9-13)11(10-14)12(16)15-4-2/h3,7,11H,4-6,8-9H2,1-2H3,(H,15,16)/b7-3+. The number of nitrogens with one attached hydrogen (secondary N) is 1. The highest BCUT2D eigenvalue weighted by Crippen LogP contribution is 2.45. The fourth-order valence-electron chi connectivity index (χ4n) is 2.64. The molecule has 0 radical (unpaired) electrons. The Morgan fingerprint density at radius 2 is 2.19 bits per heavy atom. The zero-order valence-corrected chi connectivity index (χ0v) is 10.1. The molecule has 1 atom stereocenters. The van der Waals surface area contributed by atoms with E-state index >= 15 is 0 Å². The molecule has 1 unspecified atom stereocenters. The molecule has 3 heteroatoms. The molecule has 1 saturated carbocycles. The Hall–Kier alpha value is -1.30. The molecule has 1 aliphatic rings. The molecule has 3 nitrogen and oxygen atoms in total. The minimum Gasteiger partial charge on any atom is -0.355 e. The normalized spacial score (nSPS) is 20.6. The van der Waals surface area contributed by atoms with Crippen LogP contribution in [0.15, 0.2) is 12.2 Å². The highest BCUT2D eigenvalue weighted by atomic mass is 16.1. The van der Waals surface area contributed by atoms with Gasteiger partial charge in [-0.25, -0.2) is 0 Å². The van der Waals surface area contributed by atoms with Crippen LogP contribution in [-0.2, 0) is 4.79 Å². The predicted molar refractivity (Wildman–Crippen MR) is 63.5 cm³/mol. The fourth-order valence-corrected chi connectivity index (χ4v) is 2.64. The molecular weight excluding hydrogens is 200 g/mol. The van der Waals surface area contributed by atoms with Gasteiger partial charge in [0, 0.05) is 12.0 Å². The smallest absolute Gasteiger partial charge is 0.238 e. The lowest BCUT2D eigenvalue weighted by Gasteiger charge is -2.29. The molecule has 88 valence electrons. The van der Waals surface area contributed by atoms with Gasteiger partial charge in [-0.1, -0.05) is 25.0 Å². The van der Waals surface area contributed by atoms with Crippen LogP contribution in [0.3, 0.4) is 0 Å². The predicted octanol–water partition coefficient (Wildman–Crippen LogP) is 2.40. The SMILES string of the molecule is C/C=C/C1(C(C#N)C(=O)NCC)CCCC1. The molecule has 0 spiro atoms. The van der Waals surface area contributed by atoms with E-state index in [1.54, 1.807) is 0 Å². The Morgan fingerprint density at radius 1 is 1.56 bits per heavy atom. The van der Waals surface area contributed by atoms with Gasteiger partial charge in [-0.3, -0.25) is 4.79 Å². The molecule has 0 bridgehead atoms. The summed E-state index contributed by atoms with van der Waals surface area (Å²) in [4.78, 5) is 11.9. The molecule has 1 fully saturated rings. The van der Waals surface area contributed by atoms with Crippen molar-refractivity contribution in [2.75, 3.05) is 6.54 Å². The third kappa shape index (κ3) is 2.44. The first kappa shape index (κ1) is 12.8. The van der Waals surface area contributed by atoms with Crippen LogP contribution in [0.2, 0.25) is 0 Å². The summed E-state index contributed by atoms with van der Waals surface area (Å²) in [6, 6.07) is 2.19. The van der Waals surface area contributed by atoms with E-state index in [0.29, 0.717) is 6.54 Å². The molecule has 16 heavy (non-hydrogen) atoms. The van der Waals surface area contributed by atoms with Gasteiger partial charge in [0.2, 0.25) is 5.91 Å². The van der Waals surface area contributed by atoms with E-state index in [2.05, 4.69) is 17.5 Å². The number of nitrogens with zero attached hydrogens (tertiary/aromatic N) is 1. The van der Waals surface area contributed by atoms with E-state index in [1.807, 2.05) is 19.9 Å². The van der Waals surface area contributed by atoms with Crippen molar-refractivity contribution >= 4 is 5.91 Å². The minimum atomic E-state index is -0.536. The number of hydrogen-bond donors (Lipinski definition) is 1. The second kappa shape index (κ2) is 5.69. The van der Waals surface area contributed by atoms with Gasteiger partial charge >= 0.3 is 0 Å². The monoisotopic (exact) mass is 220 g/mol. The van der Waals surface area contributed by atoms with Crippen LogP contribution >= 0.6 is 0 Å². The van der Waals surface area contributed by atoms with Crippen LogP contribution in [-0.4, -0.2) is 12.5 Å². The Bertz CT molecular complexity index is 308. The molecule has 0 aliphatic heterocycles. The molecule has 0 aromatic carbocycles. The average molecular weight is 220 g/mol. The average Bonchev–Trinajstić information content (AvgIpc) is 2.69. The van der Waals surface area contributed by atoms with Gasteiger partial charge in [-0.2, -0.15) is 5.26 Å². The summed E-state index contributed by atoms with van der Waals surface area (Å²) in [6.07, 6.45) is 8.15. The molecule has 1 rings (SSSR count). The maximum absolute atomic E-state index is 11.9. The van der Waals surface area contributed by atoms with Crippen LogP contribution in [0.5, 0.6) is 0 Å². The lowest BCUT2D eigenvalue weighted by molar-refractivity contribution is -0.125. The Labute approximate surface area is 97.5 Å². The van der Waals surface area contributed by atoms with Crippen LogP contribution in [0.25, 0.3) is 0 Å². The van der Waals surface area contributed by atoms with Crippen LogP contribution in [0.1, 0.15) is 39.5 Å². The Morgan fingerprint density at radius 3 is 2.62 bits per heavy atom. The van der Waals surface area contributed by atoms with E-state index in [-0.39, 0.29) is 11.3 Å². The van der Waals surface area contributed by atoms with Crippen molar-refractivity contribution in [2.45, 2.75) is 39.5 Å². The highest BCUT2D eigenvalue weighted by molar-refractivity contribution is 5.82. The van der Waals surface area contributed by atoms with Crippen molar-refractivity contribution < 1.29 is 4.79 Å². The molecule has 0 aromatic rings. The molecule has 0 heterocycles. The van der Waals surface area contributed by atoms with E-state index in [0.717, 1.165) is 25.7 Å². The van der Waals surface area contributed by atoms with Gasteiger partial charge in [-0.05, 0) is 26.7 Å². The molecular formula is C13H20N2O. The maximum Gasteiger partial charge on any atom is 0.238 e. The highest BCUT2D eigenvalue weighted by Gasteiger charge is 2.43. The Balaban J connectivity index is 2.91. The van der Waals surface area contributed by atoms with Gasteiger partial charge in [0.25, 0.3) is 0 Å². The van der Waals surface area contributed by atoms with Crippen molar-refractivity contribution in [3.05, 3.63) is 12.2 Å². The van der Waals surface area contributed by atoms with Crippen molar-refractivity contribution in [3.8, 4) is 6.07 Å². The molecule has 1 N–H and O–H groups in total. The molecule has 0 aromatic heterocycles. The minimum absolute atomic E-state index is 0.120. The lowest BCUT2D eigenvalue weighted by atomic mass is 9.73. The number of amides is 1. The summed E-state index contributed by atoms with van der Waals surface area (Å²) in [5.74, 6) is -0.656. The van der Waals surface area contributed by atoms with Crippen molar-refractivity contribution in [1.82, 2.24) is 5.32 Å². The van der Waals surface area contributed by atoms with Gasteiger partial charge in [0.15, 0.2) is 0 Å². The summed E-state index contributed by atoms with van der Waals surface area (Å²) >= 11 is 0. The van der Waals surface area contributed by atoms with Crippen LogP contribution < -0.4 is 5.32 Å². The topological polar surface area (TPSA) is 52.9 Å². The van der Waals surface area contributed by atoms with Crippen LogP contribution in [0, 0.1) is 22.7 Å². The number of allylic oxidation sites excluding steroid dienone is 2. The van der Waals surface area contributed by atoms with Crippen molar-refractivity contribution in [1.29, 1.82) is 5.26 Å².